The van der Waals surface area contributed by atoms with Crippen molar-refractivity contribution in [2.45, 2.75) is 6.92 Å². The second-order valence-corrected chi connectivity index (χ2v) is 5.42. The summed E-state index contributed by atoms with van der Waals surface area (Å²) in [6, 6.07) is 3.10. The lowest BCUT2D eigenvalue weighted by Crippen LogP contribution is -2.22. The monoisotopic (exact) mass is 388 g/mol. The van der Waals surface area contributed by atoms with E-state index in [1.54, 1.807) is 18.2 Å². The number of benzene rings is 1. The highest BCUT2D eigenvalue weighted by molar-refractivity contribution is 9.11. The second-order valence-electron chi connectivity index (χ2n) is 3.71. The van der Waals surface area contributed by atoms with Crippen LogP contribution in [0.3, 0.4) is 0 Å². The second kappa shape index (κ2) is 5.75. The van der Waals surface area contributed by atoms with E-state index in [1.165, 1.54) is 0 Å². The van der Waals surface area contributed by atoms with E-state index >= 15 is 0 Å². The molecule has 1 saturated heterocycles. The highest BCUT2D eigenvalue weighted by Gasteiger charge is 2.22. The lowest BCUT2D eigenvalue weighted by Gasteiger charge is -2.09. The van der Waals surface area contributed by atoms with Crippen LogP contribution in [0.2, 0.25) is 0 Å². The maximum atomic E-state index is 11.4. The van der Waals surface area contributed by atoms with E-state index in [4.69, 9.17) is 4.74 Å². The Hall–Kier alpha value is -1.34. The third kappa shape index (κ3) is 3.16. The normalized spacial score (nSPS) is 16.5. The Labute approximate surface area is 126 Å². The largest absolute Gasteiger partial charge is 0.492 e. The number of carbonyl (C=O) groups is 2. The summed E-state index contributed by atoms with van der Waals surface area (Å²) in [4.78, 5) is 22.4. The molecule has 0 spiro atoms. The van der Waals surface area contributed by atoms with E-state index < -0.39 is 11.9 Å². The van der Waals surface area contributed by atoms with Gasteiger partial charge in [-0.1, -0.05) is 0 Å². The van der Waals surface area contributed by atoms with Gasteiger partial charge < -0.3 is 10.1 Å². The molecule has 0 unspecified atom stereocenters. The van der Waals surface area contributed by atoms with E-state index in [-0.39, 0.29) is 5.70 Å². The Bertz CT molecular complexity index is 561. The Morgan fingerprint density at radius 1 is 1.21 bits per heavy atom. The predicted octanol–water partition coefficient (Wildman–Crippen LogP) is 2.79. The van der Waals surface area contributed by atoms with Crippen LogP contribution >= 0.6 is 31.9 Å². The van der Waals surface area contributed by atoms with Gasteiger partial charge in [0.15, 0.2) is 0 Å². The minimum Gasteiger partial charge on any atom is -0.492 e. The average molecular weight is 390 g/mol. The molecule has 1 fully saturated rings. The number of amides is 3. The summed E-state index contributed by atoms with van der Waals surface area (Å²) in [5.41, 5.74) is 0.975. The van der Waals surface area contributed by atoms with E-state index in [1.807, 2.05) is 6.92 Å². The molecular weight excluding hydrogens is 380 g/mol. The molecule has 0 radical (unpaired) electrons. The van der Waals surface area contributed by atoms with Gasteiger partial charge in [-0.2, -0.15) is 0 Å². The van der Waals surface area contributed by atoms with Crippen LogP contribution in [0, 0.1) is 0 Å². The van der Waals surface area contributed by atoms with Crippen LogP contribution in [0.15, 0.2) is 26.8 Å². The minimum atomic E-state index is -0.514. The van der Waals surface area contributed by atoms with Crippen LogP contribution in [0.1, 0.15) is 12.5 Å². The molecular formula is C12H10Br2N2O3. The molecule has 7 heteroatoms. The molecule has 1 aliphatic heterocycles. The third-order valence-corrected chi connectivity index (χ3v) is 3.52. The number of rotatable bonds is 3. The van der Waals surface area contributed by atoms with Crippen molar-refractivity contribution < 1.29 is 14.3 Å². The molecule has 0 saturated carbocycles. The maximum absolute atomic E-state index is 11.4. The maximum Gasteiger partial charge on any atom is 0.326 e. The predicted molar refractivity (Wildman–Crippen MR) is 77.7 cm³/mol. The van der Waals surface area contributed by atoms with Crippen LogP contribution < -0.4 is 15.4 Å². The number of ether oxygens (including phenoxy) is 1. The molecule has 0 aromatic heterocycles. The van der Waals surface area contributed by atoms with Gasteiger partial charge in [-0.15, -0.1) is 0 Å². The summed E-state index contributed by atoms with van der Waals surface area (Å²) in [5.74, 6) is 0.260. The molecule has 0 bridgehead atoms. The number of hydrogen-bond donors (Lipinski definition) is 2. The average Bonchev–Trinajstić information content (AvgIpc) is 2.62. The number of nitrogens with one attached hydrogen (secondary N) is 2. The van der Waals surface area contributed by atoms with Gasteiger partial charge in [0.1, 0.15) is 11.4 Å². The Morgan fingerprint density at radius 2 is 1.84 bits per heavy atom. The first-order valence-electron chi connectivity index (χ1n) is 5.47. The Kier molecular flexibility index (Phi) is 4.26. The first kappa shape index (κ1) is 14.1. The van der Waals surface area contributed by atoms with Crippen molar-refractivity contribution in [3.8, 4) is 5.75 Å². The van der Waals surface area contributed by atoms with Crippen LogP contribution in [-0.2, 0) is 4.79 Å². The zero-order valence-corrected chi connectivity index (χ0v) is 13.1. The number of imide groups is 1. The summed E-state index contributed by atoms with van der Waals surface area (Å²) in [7, 11) is 0. The summed E-state index contributed by atoms with van der Waals surface area (Å²) in [6.07, 6.45) is 1.59. The van der Waals surface area contributed by atoms with Gasteiger partial charge in [0.25, 0.3) is 5.91 Å². The summed E-state index contributed by atoms with van der Waals surface area (Å²) >= 11 is 6.81. The smallest absolute Gasteiger partial charge is 0.326 e. The molecule has 1 aromatic carbocycles. The van der Waals surface area contributed by atoms with Gasteiger partial charge in [0.2, 0.25) is 0 Å². The lowest BCUT2D eigenvalue weighted by atomic mass is 10.2. The molecule has 1 heterocycles. The Balaban J connectivity index is 2.35. The molecule has 1 aromatic rings. The molecule has 2 rings (SSSR count). The fraction of sp³-hybridized carbons (Fsp3) is 0.167. The number of urea groups is 1. The fourth-order valence-corrected chi connectivity index (χ4v) is 3.04. The topological polar surface area (TPSA) is 67.4 Å². The van der Waals surface area contributed by atoms with Crippen LogP contribution in [0.5, 0.6) is 5.75 Å². The number of carbonyl (C=O) groups excluding carboxylic acids is 2. The molecule has 1 aliphatic rings. The number of halogens is 2. The van der Waals surface area contributed by atoms with Gasteiger partial charge in [-0.05, 0) is 62.6 Å². The van der Waals surface area contributed by atoms with E-state index in [0.717, 1.165) is 14.5 Å². The van der Waals surface area contributed by atoms with Crippen molar-refractivity contribution >= 4 is 49.9 Å². The highest BCUT2D eigenvalue weighted by Crippen LogP contribution is 2.35. The standard InChI is InChI=1S/C12H10Br2N2O3/c1-2-19-10-7(13)3-6(4-8(10)14)5-9-11(17)16-12(18)15-9/h3-5H,2H2,1H3,(H2,15,16,17,18). The van der Waals surface area contributed by atoms with E-state index in [0.29, 0.717) is 12.4 Å². The van der Waals surface area contributed by atoms with Crippen molar-refractivity contribution in [2.75, 3.05) is 6.61 Å². The SMILES string of the molecule is CCOc1c(Br)cc(C=C2NC(=O)NC2=O)cc1Br. The first-order chi connectivity index (χ1) is 9.01. The minimum absolute atomic E-state index is 0.216. The van der Waals surface area contributed by atoms with E-state index in [2.05, 4.69) is 42.5 Å². The van der Waals surface area contributed by atoms with Crippen LogP contribution in [0.4, 0.5) is 4.79 Å². The molecule has 0 aliphatic carbocycles. The van der Waals surface area contributed by atoms with Crippen molar-refractivity contribution in [3.63, 3.8) is 0 Å². The molecule has 2 N–H and O–H groups in total. The number of hydrogen-bond acceptors (Lipinski definition) is 3. The van der Waals surface area contributed by atoms with Gasteiger partial charge in [0.05, 0.1) is 15.6 Å². The zero-order valence-electron chi connectivity index (χ0n) is 9.92. The fourth-order valence-electron chi connectivity index (χ4n) is 1.59. The Morgan fingerprint density at radius 3 is 2.32 bits per heavy atom. The third-order valence-electron chi connectivity index (χ3n) is 2.34. The van der Waals surface area contributed by atoms with Gasteiger partial charge >= 0.3 is 6.03 Å². The summed E-state index contributed by atoms with van der Waals surface area (Å²) in [5, 5.41) is 4.57. The molecule has 5 nitrogen and oxygen atoms in total. The van der Waals surface area contributed by atoms with Crippen molar-refractivity contribution in [1.82, 2.24) is 10.6 Å². The van der Waals surface area contributed by atoms with Gasteiger partial charge in [-0.25, -0.2) is 4.79 Å². The quantitative estimate of drug-likeness (QED) is 0.617. The summed E-state index contributed by atoms with van der Waals surface area (Å²) in [6.45, 7) is 2.45. The zero-order chi connectivity index (χ0) is 14.0. The van der Waals surface area contributed by atoms with Gasteiger partial charge in [-0.3, -0.25) is 10.1 Å². The van der Waals surface area contributed by atoms with Crippen molar-refractivity contribution in [2.24, 2.45) is 0 Å². The van der Waals surface area contributed by atoms with Crippen molar-refractivity contribution in [3.05, 3.63) is 32.3 Å². The first-order valence-corrected chi connectivity index (χ1v) is 7.05. The molecule has 0 atom stereocenters. The van der Waals surface area contributed by atoms with E-state index in [9.17, 15) is 9.59 Å². The molecule has 100 valence electrons. The van der Waals surface area contributed by atoms with Crippen LogP contribution in [-0.4, -0.2) is 18.5 Å². The highest BCUT2D eigenvalue weighted by atomic mass is 79.9. The van der Waals surface area contributed by atoms with Gasteiger partial charge in [0, 0.05) is 0 Å². The molecule has 19 heavy (non-hydrogen) atoms. The summed E-state index contributed by atoms with van der Waals surface area (Å²) < 4.78 is 7.00. The molecule has 3 amide bonds. The van der Waals surface area contributed by atoms with Crippen molar-refractivity contribution in [1.29, 1.82) is 0 Å². The lowest BCUT2D eigenvalue weighted by molar-refractivity contribution is -0.115. The van der Waals surface area contributed by atoms with Crippen LogP contribution in [0.25, 0.3) is 6.08 Å².